The van der Waals surface area contributed by atoms with Crippen molar-refractivity contribution in [3.8, 4) is 0 Å². The largest absolute Gasteiger partial charge is 0.311 e. The van der Waals surface area contributed by atoms with E-state index in [9.17, 15) is 0 Å². The molecule has 0 radical (unpaired) electrons. The third-order valence-electron chi connectivity index (χ3n) is 4.19. The van der Waals surface area contributed by atoms with Crippen LogP contribution in [0.2, 0.25) is 0 Å². The quantitative estimate of drug-likeness (QED) is 0.752. The van der Waals surface area contributed by atoms with Crippen molar-refractivity contribution in [3.63, 3.8) is 0 Å². The van der Waals surface area contributed by atoms with Crippen LogP contribution in [-0.2, 0) is 0 Å². The molecule has 0 bridgehead atoms. The Hall–Kier alpha value is -0.0800. The number of rotatable bonds is 2. The van der Waals surface area contributed by atoms with Gasteiger partial charge in [-0.15, -0.1) is 0 Å². The van der Waals surface area contributed by atoms with Gasteiger partial charge in [-0.3, -0.25) is 4.90 Å². The predicted molar refractivity (Wildman–Crippen MR) is 65.1 cm³/mol. The summed E-state index contributed by atoms with van der Waals surface area (Å²) in [5, 5.41) is 3.59. The minimum Gasteiger partial charge on any atom is -0.311 e. The molecule has 0 aromatic rings. The van der Waals surface area contributed by atoms with Gasteiger partial charge in [0.15, 0.2) is 0 Å². The fourth-order valence-corrected chi connectivity index (χ4v) is 3.00. The number of hydrogen-bond acceptors (Lipinski definition) is 2. The lowest BCUT2D eigenvalue weighted by molar-refractivity contribution is 0.0551. The van der Waals surface area contributed by atoms with E-state index >= 15 is 0 Å². The third-order valence-corrected chi connectivity index (χ3v) is 4.19. The summed E-state index contributed by atoms with van der Waals surface area (Å²) in [7, 11) is 0. The molecule has 2 aliphatic rings. The van der Waals surface area contributed by atoms with Crippen LogP contribution >= 0.6 is 0 Å². The molecule has 1 atom stereocenters. The summed E-state index contributed by atoms with van der Waals surface area (Å²) in [4.78, 5) is 2.71. The van der Waals surface area contributed by atoms with Crippen LogP contribution in [-0.4, -0.2) is 36.1 Å². The fourth-order valence-electron chi connectivity index (χ4n) is 3.00. The predicted octanol–water partition coefficient (Wildman–Crippen LogP) is 2.25. The van der Waals surface area contributed by atoms with Gasteiger partial charge in [0.05, 0.1) is 0 Å². The van der Waals surface area contributed by atoms with Crippen molar-refractivity contribution < 1.29 is 0 Å². The summed E-state index contributed by atoms with van der Waals surface area (Å²) in [6.45, 7) is 10.8. The van der Waals surface area contributed by atoms with Gasteiger partial charge < -0.3 is 5.32 Å². The van der Waals surface area contributed by atoms with Gasteiger partial charge in [-0.25, -0.2) is 0 Å². The zero-order valence-corrected chi connectivity index (χ0v) is 10.6. The van der Waals surface area contributed by atoms with Gasteiger partial charge in [0, 0.05) is 31.2 Å². The smallest absolute Gasteiger partial charge is 0.0278 e. The Kier molecular flexibility index (Phi) is 3.36. The molecule has 0 amide bonds. The first-order chi connectivity index (χ1) is 7.08. The Balaban J connectivity index is 1.92. The lowest BCUT2D eigenvalue weighted by atomic mass is 9.95. The zero-order chi connectivity index (χ0) is 10.9. The number of piperazine rings is 1. The Morgan fingerprint density at radius 3 is 2.60 bits per heavy atom. The highest BCUT2D eigenvalue weighted by molar-refractivity contribution is 4.92. The van der Waals surface area contributed by atoms with Crippen molar-refractivity contribution in [2.75, 3.05) is 19.6 Å². The van der Waals surface area contributed by atoms with E-state index in [0.29, 0.717) is 11.6 Å². The van der Waals surface area contributed by atoms with E-state index in [2.05, 4.69) is 31.0 Å². The van der Waals surface area contributed by atoms with E-state index in [0.717, 1.165) is 12.5 Å². The van der Waals surface area contributed by atoms with Crippen LogP contribution in [0.1, 0.15) is 46.5 Å². The van der Waals surface area contributed by atoms with Crippen LogP contribution in [0, 0.1) is 5.92 Å². The van der Waals surface area contributed by atoms with Crippen molar-refractivity contribution in [1.29, 1.82) is 0 Å². The molecule has 2 heteroatoms. The van der Waals surface area contributed by atoms with Crippen LogP contribution in [0.4, 0.5) is 0 Å². The maximum Gasteiger partial charge on any atom is 0.0278 e. The first-order valence-electron chi connectivity index (χ1n) is 6.56. The zero-order valence-electron chi connectivity index (χ0n) is 10.6. The summed E-state index contributed by atoms with van der Waals surface area (Å²) in [6.07, 6.45) is 5.86. The minimum absolute atomic E-state index is 0.356. The van der Waals surface area contributed by atoms with E-state index in [4.69, 9.17) is 0 Å². The van der Waals surface area contributed by atoms with Crippen LogP contribution < -0.4 is 5.32 Å². The molecular weight excluding hydrogens is 184 g/mol. The van der Waals surface area contributed by atoms with Crippen molar-refractivity contribution in [2.45, 2.75) is 58.0 Å². The molecule has 1 saturated heterocycles. The Labute approximate surface area is 94.4 Å². The lowest BCUT2D eigenvalue weighted by Gasteiger charge is -2.46. The first kappa shape index (κ1) is 11.4. The molecule has 2 nitrogen and oxygen atoms in total. The SMILES string of the molecule is CC1CN(CC2CCCC2)C(C)(C)CN1. The fraction of sp³-hybridized carbons (Fsp3) is 1.00. The van der Waals surface area contributed by atoms with Gasteiger partial charge in [-0.05, 0) is 39.5 Å². The molecule has 15 heavy (non-hydrogen) atoms. The standard InChI is InChI=1S/C13H26N2/c1-11-8-15(13(2,3)10-14-11)9-12-6-4-5-7-12/h11-12,14H,4-10H2,1-3H3. The van der Waals surface area contributed by atoms with Crippen LogP contribution in [0.15, 0.2) is 0 Å². The average molecular weight is 210 g/mol. The molecule has 1 unspecified atom stereocenters. The third kappa shape index (κ3) is 2.73. The molecule has 0 spiro atoms. The maximum atomic E-state index is 3.59. The topological polar surface area (TPSA) is 15.3 Å². The normalized spacial score (nSPS) is 33.4. The van der Waals surface area contributed by atoms with Crippen molar-refractivity contribution in [3.05, 3.63) is 0 Å². The van der Waals surface area contributed by atoms with E-state index in [1.807, 2.05) is 0 Å². The maximum absolute atomic E-state index is 3.59. The summed E-state index contributed by atoms with van der Waals surface area (Å²) >= 11 is 0. The summed E-state index contributed by atoms with van der Waals surface area (Å²) < 4.78 is 0. The molecule has 0 aromatic heterocycles. The second-order valence-electron chi connectivity index (χ2n) is 6.15. The monoisotopic (exact) mass is 210 g/mol. The Morgan fingerprint density at radius 1 is 1.27 bits per heavy atom. The Morgan fingerprint density at radius 2 is 1.93 bits per heavy atom. The van der Waals surface area contributed by atoms with E-state index in [1.54, 1.807) is 0 Å². The molecule has 1 N–H and O–H groups in total. The number of nitrogens with one attached hydrogen (secondary N) is 1. The highest BCUT2D eigenvalue weighted by Gasteiger charge is 2.33. The molecule has 2 fully saturated rings. The molecule has 1 heterocycles. The van der Waals surface area contributed by atoms with E-state index in [1.165, 1.54) is 38.8 Å². The minimum atomic E-state index is 0.356. The van der Waals surface area contributed by atoms with Crippen molar-refractivity contribution in [2.24, 2.45) is 5.92 Å². The Bertz CT molecular complexity index is 207. The van der Waals surface area contributed by atoms with Gasteiger partial charge in [-0.2, -0.15) is 0 Å². The summed E-state index contributed by atoms with van der Waals surface area (Å²) in [6, 6.07) is 0.666. The van der Waals surface area contributed by atoms with Crippen LogP contribution in [0.25, 0.3) is 0 Å². The van der Waals surface area contributed by atoms with Gasteiger partial charge in [0.1, 0.15) is 0 Å². The van der Waals surface area contributed by atoms with Crippen LogP contribution in [0.5, 0.6) is 0 Å². The van der Waals surface area contributed by atoms with Gasteiger partial charge >= 0.3 is 0 Å². The first-order valence-corrected chi connectivity index (χ1v) is 6.56. The van der Waals surface area contributed by atoms with Gasteiger partial charge in [0.25, 0.3) is 0 Å². The van der Waals surface area contributed by atoms with Gasteiger partial charge in [0.2, 0.25) is 0 Å². The van der Waals surface area contributed by atoms with Crippen molar-refractivity contribution >= 4 is 0 Å². The lowest BCUT2D eigenvalue weighted by Crippen LogP contribution is -2.61. The molecule has 1 aliphatic heterocycles. The van der Waals surface area contributed by atoms with E-state index in [-0.39, 0.29) is 0 Å². The molecule has 1 saturated carbocycles. The average Bonchev–Trinajstić information content (AvgIpc) is 2.65. The summed E-state index contributed by atoms with van der Waals surface area (Å²) in [5.74, 6) is 0.981. The molecule has 88 valence electrons. The second kappa shape index (κ2) is 4.42. The molecule has 1 aliphatic carbocycles. The second-order valence-corrected chi connectivity index (χ2v) is 6.15. The van der Waals surface area contributed by atoms with Crippen molar-refractivity contribution in [1.82, 2.24) is 10.2 Å². The molecule has 0 aromatic carbocycles. The summed E-state index contributed by atoms with van der Waals surface area (Å²) in [5.41, 5.74) is 0.356. The highest BCUT2D eigenvalue weighted by Crippen LogP contribution is 2.28. The van der Waals surface area contributed by atoms with Crippen LogP contribution in [0.3, 0.4) is 0 Å². The number of hydrogen-bond donors (Lipinski definition) is 1. The highest BCUT2D eigenvalue weighted by atomic mass is 15.3. The molecule has 2 rings (SSSR count). The number of nitrogens with zero attached hydrogens (tertiary/aromatic N) is 1. The molecular formula is C13H26N2. The van der Waals surface area contributed by atoms with E-state index < -0.39 is 0 Å². The van der Waals surface area contributed by atoms with Gasteiger partial charge in [-0.1, -0.05) is 12.8 Å².